The average molecular weight is 406 g/mol. The number of benzene rings is 2. The largest absolute Gasteiger partial charge is 0.493 e. The molecule has 0 bridgehead atoms. The fraction of sp³-hybridized carbons (Fsp3) is 0.190. The second kappa shape index (κ2) is 10.2. The van der Waals surface area contributed by atoms with Gasteiger partial charge in [-0.2, -0.15) is 13.2 Å². The van der Waals surface area contributed by atoms with E-state index in [1.54, 1.807) is 30.4 Å². The zero-order chi connectivity index (χ0) is 21.3. The third-order valence-corrected chi connectivity index (χ3v) is 3.75. The van der Waals surface area contributed by atoms with Gasteiger partial charge in [-0.3, -0.25) is 4.79 Å². The van der Waals surface area contributed by atoms with Crippen LogP contribution in [-0.2, 0) is 11.0 Å². The van der Waals surface area contributed by atoms with Crippen LogP contribution >= 0.6 is 0 Å². The molecule has 2 rings (SSSR count). The standard InChI is InChI=1S/C21H21F3N2O3/c1-3-12-29-18-10-8-15(13-19(18)28-2)9-11-20(27)26-14-25-17-7-5-4-6-16(17)21(22,23)24/h3-11,13,25H,1,12,14H2,2H3,(H,26,27). The molecule has 2 aromatic rings. The molecule has 8 heteroatoms. The molecular weight excluding hydrogens is 385 g/mol. The molecule has 2 N–H and O–H groups in total. The van der Waals surface area contributed by atoms with E-state index in [0.717, 1.165) is 6.07 Å². The van der Waals surface area contributed by atoms with Crippen molar-refractivity contribution in [2.45, 2.75) is 6.18 Å². The Hall–Kier alpha value is -3.42. The molecule has 0 radical (unpaired) electrons. The average Bonchev–Trinajstić information content (AvgIpc) is 2.70. The van der Waals surface area contributed by atoms with Crippen molar-refractivity contribution in [3.05, 3.63) is 72.3 Å². The number of methoxy groups -OCH3 is 1. The van der Waals surface area contributed by atoms with Gasteiger partial charge in [-0.1, -0.05) is 30.9 Å². The monoisotopic (exact) mass is 406 g/mol. The van der Waals surface area contributed by atoms with Crippen molar-refractivity contribution in [1.82, 2.24) is 5.32 Å². The third-order valence-electron chi connectivity index (χ3n) is 3.75. The van der Waals surface area contributed by atoms with Crippen LogP contribution in [0.1, 0.15) is 11.1 Å². The molecule has 0 spiro atoms. The van der Waals surface area contributed by atoms with Crippen molar-refractivity contribution in [2.24, 2.45) is 0 Å². The number of hydrogen-bond acceptors (Lipinski definition) is 4. The maximum Gasteiger partial charge on any atom is 0.418 e. The lowest BCUT2D eigenvalue weighted by Gasteiger charge is -2.14. The minimum atomic E-state index is -4.48. The van der Waals surface area contributed by atoms with Crippen LogP contribution in [0, 0.1) is 0 Å². The third kappa shape index (κ3) is 6.60. The maximum absolute atomic E-state index is 12.9. The quantitative estimate of drug-likeness (QED) is 0.366. The predicted molar refractivity (Wildman–Crippen MR) is 106 cm³/mol. The minimum absolute atomic E-state index is 0.107. The number of nitrogens with one attached hydrogen (secondary N) is 2. The second-order valence-electron chi connectivity index (χ2n) is 5.78. The van der Waals surface area contributed by atoms with Gasteiger partial charge < -0.3 is 20.1 Å². The first-order valence-corrected chi connectivity index (χ1v) is 8.63. The van der Waals surface area contributed by atoms with Gasteiger partial charge in [0.25, 0.3) is 0 Å². The summed E-state index contributed by atoms with van der Waals surface area (Å²) in [5.41, 5.74) is -0.210. The van der Waals surface area contributed by atoms with Crippen LogP contribution in [0.25, 0.3) is 6.08 Å². The summed E-state index contributed by atoms with van der Waals surface area (Å²) in [6, 6.07) is 10.2. The van der Waals surface area contributed by atoms with Crippen LogP contribution < -0.4 is 20.1 Å². The molecule has 0 heterocycles. The summed E-state index contributed by atoms with van der Waals surface area (Å²) in [6.07, 6.45) is -0.0397. The van der Waals surface area contributed by atoms with Gasteiger partial charge in [0.1, 0.15) is 6.61 Å². The molecule has 0 atom stereocenters. The molecule has 1 amide bonds. The summed E-state index contributed by atoms with van der Waals surface area (Å²) in [7, 11) is 1.50. The van der Waals surface area contributed by atoms with Gasteiger partial charge in [-0.15, -0.1) is 0 Å². The number of carbonyl (C=O) groups excluding carboxylic acids is 1. The molecule has 0 aliphatic carbocycles. The predicted octanol–water partition coefficient (Wildman–Crippen LogP) is 4.48. The number of rotatable bonds is 9. The maximum atomic E-state index is 12.9. The fourth-order valence-electron chi connectivity index (χ4n) is 2.40. The van der Waals surface area contributed by atoms with Gasteiger partial charge in [0.15, 0.2) is 11.5 Å². The van der Waals surface area contributed by atoms with Crippen LogP contribution in [0.15, 0.2) is 61.2 Å². The van der Waals surface area contributed by atoms with E-state index in [-0.39, 0.29) is 12.4 Å². The summed E-state index contributed by atoms with van der Waals surface area (Å²) in [4.78, 5) is 11.9. The Bertz CT molecular complexity index is 880. The van der Waals surface area contributed by atoms with Crippen molar-refractivity contribution < 1.29 is 27.4 Å². The summed E-state index contributed by atoms with van der Waals surface area (Å²) in [6.45, 7) is 3.75. The van der Waals surface area contributed by atoms with Crippen molar-refractivity contribution in [2.75, 3.05) is 25.7 Å². The SMILES string of the molecule is C=CCOc1ccc(C=CC(=O)NCNc2ccccc2C(F)(F)F)cc1OC. The number of ether oxygens (including phenoxy) is 2. The summed E-state index contributed by atoms with van der Waals surface area (Å²) >= 11 is 0. The van der Waals surface area contributed by atoms with Gasteiger partial charge in [-0.25, -0.2) is 0 Å². The lowest BCUT2D eigenvalue weighted by atomic mass is 10.1. The van der Waals surface area contributed by atoms with Gasteiger partial charge in [0.2, 0.25) is 5.91 Å². The molecule has 0 fully saturated rings. The van der Waals surface area contributed by atoms with Crippen molar-refractivity contribution in [1.29, 1.82) is 0 Å². The second-order valence-corrected chi connectivity index (χ2v) is 5.78. The normalized spacial score (nSPS) is 11.2. The van der Waals surface area contributed by atoms with Crippen LogP contribution in [-0.4, -0.2) is 26.3 Å². The first kappa shape index (κ1) is 21.9. The zero-order valence-corrected chi connectivity index (χ0v) is 15.8. The van der Waals surface area contributed by atoms with E-state index in [1.807, 2.05) is 0 Å². The smallest absolute Gasteiger partial charge is 0.418 e. The molecule has 0 unspecified atom stereocenters. The number of anilines is 1. The molecule has 154 valence electrons. The zero-order valence-electron chi connectivity index (χ0n) is 15.8. The van der Waals surface area contributed by atoms with E-state index in [0.29, 0.717) is 23.7 Å². The van der Waals surface area contributed by atoms with Crippen LogP contribution in [0.3, 0.4) is 0 Å². The highest BCUT2D eigenvalue weighted by molar-refractivity contribution is 5.91. The Morgan fingerprint density at radius 1 is 1.17 bits per heavy atom. The molecule has 0 saturated heterocycles. The first-order valence-electron chi connectivity index (χ1n) is 8.63. The summed E-state index contributed by atoms with van der Waals surface area (Å²) in [5, 5.41) is 5.04. The Balaban J connectivity index is 1.93. The number of amides is 1. The topological polar surface area (TPSA) is 59.6 Å². The molecule has 29 heavy (non-hydrogen) atoms. The fourth-order valence-corrected chi connectivity index (χ4v) is 2.40. The van der Waals surface area contributed by atoms with E-state index >= 15 is 0 Å². The van der Waals surface area contributed by atoms with Crippen molar-refractivity contribution >= 4 is 17.7 Å². The number of hydrogen-bond donors (Lipinski definition) is 2. The molecule has 0 aliphatic rings. The highest BCUT2D eigenvalue weighted by Crippen LogP contribution is 2.34. The first-order chi connectivity index (χ1) is 13.8. The van der Waals surface area contributed by atoms with Gasteiger partial charge in [0.05, 0.1) is 19.3 Å². The van der Waals surface area contributed by atoms with Crippen LogP contribution in [0.5, 0.6) is 11.5 Å². The Labute approximate surface area is 166 Å². The molecule has 0 aromatic heterocycles. The highest BCUT2D eigenvalue weighted by atomic mass is 19.4. The highest BCUT2D eigenvalue weighted by Gasteiger charge is 2.32. The number of carbonyl (C=O) groups is 1. The lowest BCUT2D eigenvalue weighted by molar-refractivity contribution is -0.137. The van der Waals surface area contributed by atoms with E-state index in [4.69, 9.17) is 9.47 Å². The Kier molecular flexibility index (Phi) is 7.70. The Morgan fingerprint density at radius 2 is 1.93 bits per heavy atom. The summed E-state index contributed by atoms with van der Waals surface area (Å²) in [5.74, 6) is 0.578. The number of halogens is 3. The summed E-state index contributed by atoms with van der Waals surface area (Å²) < 4.78 is 49.5. The minimum Gasteiger partial charge on any atom is -0.493 e. The molecule has 0 aliphatic heterocycles. The van der Waals surface area contributed by atoms with Gasteiger partial charge in [-0.05, 0) is 35.9 Å². The molecular formula is C21H21F3N2O3. The van der Waals surface area contributed by atoms with E-state index in [1.165, 1.54) is 31.4 Å². The molecule has 5 nitrogen and oxygen atoms in total. The lowest BCUT2D eigenvalue weighted by Crippen LogP contribution is -2.28. The van der Waals surface area contributed by atoms with Crippen molar-refractivity contribution in [3.63, 3.8) is 0 Å². The number of alkyl halides is 3. The van der Waals surface area contributed by atoms with Crippen LogP contribution in [0.4, 0.5) is 18.9 Å². The van der Waals surface area contributed by atoms with Crippen LogP contribution in [0.2, 0.25) is 0 Å². The van der Waals surface area contributed by atoms with Gasteiger partial charge in [0, 0.05) is 11.8 Å². The van der Waals surface area contributed by atoms with Crippen molar-refractivity contribution in [3.8, 4) is 11.5 Å². The van der Waals surface area contributed by atoms with E-state index < -0.39 is 17.6 Å². The Morgan fingerprint density at radius 3 is 2.62 bits per heavy atom. The molecule has 0 saturated carbocycles. The number of para-hydroxylation sites is 1. The van der Waals surface area contributed by atoms with E-state index in [2.05, 4.69) is 17.2 Å². The van der Waals surface area contributed by atoms with E-state index in [9.17, 15) is 18.0 Å². The van der Waals surface area contributed by atoms with Gasteiger partial charge >= 0.3 is 6.18 Å². The molecule has 2 aromatic carbocycles.